The van der Waals surface area contributed by atoms with Gasteiger partial charge in [-0.3, -0.25) is 10.1 Å². The van der Waals surface area contributed by atoms with Crippen molar-refractivity contribution >= 4 is 11.5 Å². The van der Waals surface area contributed by atoms with Gasteiger partial charge in [-0.05, 0) is 19.9 Å². The van der Waals surface area contributed by atoms with Crippen LogP contribution in [-0.2, 0) is 0 Å². The van der Waals surface area contributed by atoms with E-state index in [0.717, 1.165) is 5.57 Å². The number of hydrogen-bond acceptors (Lipinski definition) is 4. The molecule has 0 atom stereocenters. The molecule has 0 amide bonds. The molecule has 0 bridgehead atoms. The lowest BCUT2D eigenvalue weighted by Crippen LogP contribution is -2.21. The number of aryl methyl sites for hydroxylation is 1. The molecular formula is C11H15N3O2. The second-order valence-electron chi connectivity index (χ2n) is 3.87. The number of rotatable bonds is 4. The molecule has 0 aliphatic heterocycles. The van der Waals surface area contributed by atoms with Crippen LogP contribution in [0.25, 0.3) is 0 Å². The molecule has 1 rings (SSSR count). The smallest absolute Gasteiger partial charge is 0.314 e. The first-order valence-corrected chi connectivity index (χ1v) is 4.89. The second-order valence-corrected chi connectivity index (χ2v) is 3.87. The molecule has 0 aliphatic carbocycles. The van der Waals surface area contributed by atoms with E-state index < -0.39 is 4.92 Å². The number of nitrogens with zero attached hydrogens (tertiary/aromatic N) is 3. The molecule has 86 valence electrons. The van der Waals surface area contributed by atoms with Crippen molar-refractivity contribution in [3.8, 4) is 0 Å². The van der Waals surface area contributed by atoms with Crippen LogP contribution in [0.15, 0.2) is 24.4 Å². The minimum Gasteiger partial charge on any atom is -0.350 e. The molecule has 0 unspecified atom stereocenters. The predicted molar refractivity (Wildman–Crippen MR) is 63.7 cm³/mol. The highest BCUT2D eigenvalue weighted by Gasteiger charge is 2.21. The van der Waals surface area contributed by atoms with Crippen LogP contribution in [0.2, 0.25) is 0 Å². The molecule has 5 nitrogen and oxygen atoms in total. The van der Waals surface area contributed by atoms with Crippen LogP contribution in [0.5, 0.6) is 0 Å². The quantitative estimate of drug-likeness (QED) is 0.444. The SMILES string of the molecule is C=C(C)CN(C)c1nccc(C)c1[N+](=O)[O-]. The largest absolute Gasteiger partial charge is 0.350 e. The van der Waals surface area contributed by atoms with E-state index in [0.29, 0.717) is 17.9 Å². The van der Waals surface area contributed by atoms with Crippen LogP contribution < -0.4 is 4.90 Å². The lowest BCUT2D eigenvalue weighted by atomic mass is 10.2. The van der Waals surface area contributed by atoms with Gasteiger partial charge >= 0.3 is 5.69 Å². The van der Waals surface area contributed by atoms with Crippen molar-refractivity contribution < 1.29 is 4.92 Å². The van der Waals surface area contributed by atoms with Crippen molar-refractivity contribution in [1.29, 1.82) is 0 Å². The highest BCUT2D eigenvalue weighted by molar-refractivity contribution is 5.61. The van der Waals surface area contributed by atoms with Gasteiger partial charge in [0.1, 0.15) is 0 Å². The Morgan fingerprint density at radius 2 is 2.31 bits per heavy atom. The molecule has 16 heavy (non-hydrogen) atoms. The number of hydrogen-bond donors (Lipinski definition) is 0. The van der Waals surface area contributed by atoms with Crippen LogP contribution in [0.3, 0.4) is 0 Å². The molecule has 1 aromatic rings. The number of likely N-dealkylation sites (N-methyl/N-ethyl adjacent to an activating group) is 1. The summed E-state index contributed by atoms with van der Waals surface area (Å²) in [7, 11) is 1.77. The highest BCUT2D eigenvalue weighted by atomic mass is 16.6. The number of nitro groups is 1. The highest BCUT2D eigenvalue weighted by Crippen LogP contribution is 2.28. The van der Waals surface area contributed by atoms with Crippen molar-refractivity contribution in [2.45, 2.75) is 13.8 Å². The van der Waals surface area contributed by atoms with E-state index in [1.54, 1.807) is 31.1 Å². The fourth-order valence-electron chi connectivity index (χ4n) is 1.52. The zero-order valence-electron chi connectivity index (χ0n) is 9.73. The average molecular weight is 221 g/mol. The maximum Gasteiger partial charge on any atom is 0.314 e. The van der Waals surface area contributed by atoms with Gasteiger partial charge in [0.2, 0.25) is 5.82 Å². The first kappa shape index (κ1) is 12.2. The standard InChI is InChI=1S/C11H15N3O2/c1-8(2)7-13(4)11-10(14(15)16)9(3)5-6-12-11/h5-6H,1,7H2,2-4H3. The van der Waals surface area contributed by atoms with Gasteiger partial charge in [-0.25, -0.2) is 4.98 Å². The minimum absolute atomic E-state index is 0.0613. The summed E-state index contributed by atoms with van der Waals surface area (Å²) < 4.78 is 0. The Kier molecular flexibility index (Phi) is 3.60. The normalized spacial score (nSPS) is 9.94. The molecule has 0 saturated carbocycles. The summed E-state index contributed by atoms with van der Waals surface area (Å²) in [5.74, 6) is 0.382. The van der Waals surface area contributed by atoms with Crippen LogP contribution in [0.4, 0.5) is 11.5 Å². The van der Waals surface area contributed by atoms with E-state index >= 15 is 0 Å². The van der Waals surface area contributed by atoms with Gasteiger partial charge in [-0.1, -0.05) is 12.2 Å². The fourth-order valence-corrected chi connectivity index (χ4v) is 1.52. The zero-order chi connectivity index (χ0) is 12.3. The molecule has 0 aliphatic rings. The molecular weight excluding hydrogens is 206 g/mol. The molecule has 0 spiro atoms. The molecule has 0 saturated heterocycles. The topological polar surface area (TPSA) is 59.3 Å². The van der Waals surface area contributed by atoms with E-state index in [-0.39, 0.29) is 5.69 Å². The van der Waals surface area contributed by atoms with Crippen LogP contribution in [0.1, 0.15) is 12.5 Å². The van der Waals surface area contributed by atoms with Gasteiger partial charge in [-0.15, -0.1) is 0 Å². The monoisotopic (exact) mass is 221 g/mol. The van der Waals surface area contributed by atoms with Crippen LogP contribution >= 0.6 is 0 Å². The molecule has 0 fully saturated rings. The maximum atomic E-state index is 10.9. The second kappa shape index (κ2) is 4.74. The minimum atomic E-state index is -0.396. The number of aromatic nitrogens is 1. The lowest BCUT2D eigenvalue weighted by Gasteiger charge is -2.18. The number of anilines is 1. The van der Waals surface area contributed by atoms with Gasteiger partial charge in [-0.2, -0.15) is 0 Å². The molecule has 5 heteroatoms. The van der Waals surface area contributed by atoms with E-state index in [1.165, 1.54) is 0 Å². The van der Waals surface area contributed by atoms with Crippen molar-refractivity contribution in [3.05, 3.63) is 40.1 Å². The van der Waals surface area contributed by atoms with Crippen molar-refractivity contribution in [2.24, 2.45) is 0 Å². The predicted octanol–water partition coefficient (Wildman–Crippen LogP) is 2.31. The van der Waals surface area contributed by atoms with Crippen molar-refractivity contribution in [3.63, 3.8) is 0 Å². The number of pyridine rings is 1. The van der Waals surface area contributed by atoms with Crippen molar-refractivity contribution in [2.75, 3.05) is 18.5 Å². The molecule has 0 aromatic carbocycles. The third kappa shape index (κ3) is 2.56. The summed E-state index contributed by atoms with van der Waals surface area (Å²) in [5, 5.41) is 10.9. The molecule has 0 radical (unpaired) electrons. The molecule has 1 aromatic heterocycles. The summed E-state index contributed by atoms with van der Waals surface area (Å²) in [6, 6.07) is 1.64. The summed E-state index contributed by atoms with van der Waals surface area (Å²) >= 11 is 0. The summed E-state index contributed by atoms with van der Waals surface area (Å²) in [4.78, 5) is 16.3. The Morgan fingerprint density at radius 1 is 1.69 bits per heavy atom. The Hall–Kier alpha value is -1.91. The first-order valence-electron chi connectivity index (χ1n) is 4.89. The molecule has 0 N–H and O–H groups in total. The summed E-state index contributed by atoms with van der Waals surface area (Å²) in [5.41, 5.74) is 1.61. The Morgan fingerprint density at radius 3 is 2.81 bits per heavy atom. The van der Waals surface area contributed by atoms with E-state index in [4.69, 9.17) is 0 Å². The Balaban J connectivity index is 3.17. The van der Waals surface area contributed by atoms with Crippen LogP contribution in [0, 0.1) is 17.0 Å². The first-order chi connectivity index (χ1) is 7.43. The zero-order valence-corrected chi connectivity index (χ0v) is 9.73. The third-order valence-electron chi connectivity index (χ3n) is 2.16. The molecule has 1 heterocycles. The van der Waals surface area contributed by atoms with E-state index in [2.05, 4.69) is 11.6 Å². The van der Waals surface area contributed by atoms with Gasteiger partial charge in [0.25, 0.3) is 0 Å². The van der Waals surface area contributed by atoms with Gasteiger partial charge in [0.05, 0.1) is 4.92 Å². The Labute approximate surface area is 94.6 Å². The van der Waals surface area contributed by atoms with Gasteiger partial charge in [0.15, 0.2) is 0 Å². The van der Waals surface area contributed by atoms with Crippen molar-refractivity contribution in [1.82, 2.24) is 4.98 Å². The van der Waals surface area contributed by atoms with E-state index in [9.17, 15) is 10.1 Å². The van der Waals surface area contributed by atoms with Gasteiger partial charge in [0, 0.05) is 25.4 Å². The summed E-state index contributed by atoms with van der Waals surface area (Å²) in [6.45, 7) is 7.91. The van der Waals surface area contributed by atoms with Crippen LogP contribution in [-0.4, -0.2) is 23.5 Å². The summed E-state index contributed by atoms with van der Waals surface area (Å²) in [6.07, 6.45) is 1.58. The third-order valence-corrected chi connectivity index (χ3v) is 2.16. The maximum absolute atomic E-state index is 10.9. The lowest BCUT2D eigenvalue weighted by molar-refractivity contribution is -0.384. The van der Waals surface area contributed by atoms with Gasteiger partial charge < -0.3 is 4.90 Å². The average Bonchev–Trinajstić information content (AvgIpc) is 2.15. The van der Waals surface area contributed by atoms with E-state index in [1.807, 2.05) is 6.92 Å². The Bertz CT molecular complexity index is 429. The fraction of sp³-hybridized carbons (Fsp3) is 0.364.